The van der Waals surface area contributed by atoms with Gasteiger partial charge >= 0.3 is 0 Å². The van der Waals surface area contributed by atoms with Gasteiger partial charge < -0.3 is 42.9 Å². The minimum Gasteiger partial charge on any atom is -1.00 e. The minimum absolute atomic E-state index is 0. The number of rotatable bonds is 16. The molecule has 0 radical (unpaired) electrons. The maximum Gasteiger partial charge on any atom is 0.129 e. The number of unbranched alkanes of at least 4 members (excludes halogenated alkanes) is 12. The molecule has 3 aliphatic rings. The van der Waals surface area contributed by atoms with Crippen LogP contribution < -0.4 is 34.0 Å². The van der Waals surface area contributed by atoms with Crippen molar-refractivity contribution in [2.24, 2.45) is 0 Å². The van der Waals surface area contributed by atoms with E-state index in [1.165, 1.54) is 151 Å². The quantitative estimate of drug-likeness (QED) is 0.199. The Hall–Kier alpha value is 0.880. The number of fused-ring (bicyclic) bond motifs is 3. The number of hydrogen-bond donors (Lipinski definition) is 0. The maximum atomic E-state index is 2.31. The van der Waals surface area contributed by atoms with Gasteiger partial charge in [0.1, 0.15) is 39.3 Å². The van der Waals surface area contributed by atoms with Crippen LogP contribution in [-0.4, -0.2) is 61.3 Å². The van der Waals surface area contributed by atoms with Gasteiger partial charge in [0.05, 0.1) is 13.1 Å². The van der Waals surface area contributed by atoms with Crippen LogP contribution in [0.4, 0.5) is 0 Å². The SMILES string of the molecule is CCCCCCCCC[N+]12CC[N+](CCCCCCCCC)(CC1)CC2.[Br-].[Br-]. The molecule has 0 aromatic rings. The monoisotopic (exact) mass is 524 g/mol. The van der Waals surface area contributed by atoms with Crippen LogP contribution in [0.2, 0.25) is 0 Å². The van der Waals surface area contributed by atoms with E-state index in [0.29, 0.717) is 0 Å². The van der Waals surface area contributed by atoms with Gasteiger partial charge in [-0.25, -0.2) is 0 Å². The first-order valence-electron chi connectivity index (χ1n) is 12.4. The zero-order chi connectivity index (χ0) is 18.6. The molecule has 3 fully saturated rings. The lowest BCUT2D eigenvalue weighted by molar-refractivity contribution is -1.08. The fourth-order valence-electron chi connectivity index (χ4n) is 5.42. The van der Waals surface area contributed by atoms with E-state index in [1.807, 2.05) is 0 Å². The molecule has 0 saturated carbocycles. The van der Waals surface area contributed by atoms with Crippen LogP contribution in [0.1, 0.15) is 104 Å². The van der Waals surface area contributed by atoms with Gasteiger partial charge in [-0.15, -0.1) is 0 Å². The second kappa shape index (κ2) is 16.6. The summed E-state index contributed by atoms with van der Waals surface area (Å²) in [7, 11) is 0. The van der Waals surface area contributed by atoms with E-state index in [4.69, 9.17) is 0 Å². The molecule has 0 spiro atoms. The van der Waals surface area contributed by atoms with Crippen molar-refractivity contribution < 1.29 is 42.9 Å². The van der Waals surface area contributed by atoms with Crippen molar-refractivity contribution in [2.45, 2.75) is 104 Å². The molecule has 0 N–H and O–H groups in total. The highest BCUT2D eigenvalue weighted by molar-refractivity contribution is 4.63. The van der Waals surface area contributed by atoms with Gasteiger partial charge in [0, 0.05) is 0 Å². The Bertz CT molecular complexity index is 304. The summed E-state index contributed by atoms with van der Waals surface area (Å²) in [6.45, 7) is 16.6. The summed E-state index contributed by atoms with van der Waals surface area (Å²) in [6.07, 6.45) is 20.5. The highest BCUT2D eigenvalue weighted by Crippen LogP contribution is 2.28. The van der Waals surface area contributed by atoms with Crippen LogP contribution in [0, 0.1) is 0 Å². The van der Waals surface area contributed by atoms with Crippen molar-refractivity contribution in [1.29, 1.82) is 0 Å². The molecule has 2 bridgehead atoms. The fraction of sp³-hybridized carbons (Fsp3) is 1.00. The normalized spacial score (nSPS) is 25.9. The molecule has 3 aliphatic heterocycles. The molecule has 170 valence electrons. The summed E-state index contributed by atoms with van der Waals surface area (Å²) in [6, 6.07) is 0. The molecule has 0 unspecified atom stereocenters. The first-order valence-corrected chi connectivity index (χ1v) is 12.4. The molecule has 0 aromatic carbocycles. The van der Waals surface area contributed by atoms with E-state index in [2.05, 4.69) is 13.8 Å². The first-order chi connectivity index (χ1) is 12.7. The largest absolute Gasteiger partial charge is 1.00 e. The Kier molecular flexibility index (Phi) is 17.1. The van der Waals surface area contributed by atoms with Gasteiger partial charge in [-0.1, -0.05) is 78.1 Å². The van der Waals surface area contributed by atoms with Crippen molar-refractivity contribution in [1.82, 2.24) is 0 Å². The first kappa shape index (κ1) is 28.9. The van der Waals surface area contributed by atoms with Gasteiger partial charge in [-0.2, -0.15) is 0 Å². The zero-order valence-electron chi connectivity index (χ0n) is 19.2. The van der Waals surface area contributed by atoms with E-state index in [0.717, 1.165) is 0 Å². The van der Waals surface area contributed by atoms with Crippen molar-refractivity contribution in [3.63, 3.8) is 0 Å². The molecule has 28 heavy (non-hydrogen) atoms. The maximum absolute atomic E-state index is 2.31. The number of piperazine rings is 3. The Morgan fingerprint density at radius 3 is 0.929 bits per heavy atom. The summed E-state index contributed by atoms with van der Waals surface area (Å²) in [5.41, 5.74) is 0. The van der Waals surface area contributed by atoms with Gasteiger partial charge in [0.2, 0.25) is 0 Å². The Morgan fingerprint density at radius 1 is 0.393 bits per heavy atom. The van der Waals surface area contributed by atoms with Gasteiger partial charge in [-0.3, -0.25) is 0 Å². The third kappa shape index (κ3) is 10.3. The summed E-state index contributed by atoms with van der Waals surface area (Å²) >= 11 is 0. The average molecular weight is 526 g/mol. The van der Waals surface area contributed by atoms with E-state index in [9.17, 15) is 0 Å². The smallest absolute Gasteiger partial charge is 0.129 e. The van der Waals surface area contributed by atoms with Crippen LogP contribution >= 0.6 is 0 Å². The molecule has 3 saturated heterocycles. The number of quaternary nitrogens is 2. The molecule has 0 atom stereocenters. The van der Waals surface area contributed by atoms with Crippen LogP contribution in [0.5, 0.6) is 0 Å². The van der Waals surface area contributed by atoms with Crippen LogP contribution in [0.15, 0.2) is 0 Å². The summed E-state index contributed by atoms with van der Waals surface area (Å²) in [5, 5.41) is 0. The predicted octanol–water partition coefficient (Wildman–Crippen LogP) is 0.156. The molecule has 0 aromatic heterocycles. The van der Waals surface area contributed by atoms with Crippen molar-refractivity contribution >= 4 is 0 Å². The lowest BCUT2D eigenvalue weighted by atomic mass is 10.0. The molecule has 3 rings (SSSR count). The van der Waals surface area contributed by atoms with Gasteiger partial charge in [0.15, 0.2) is 0 Å². The second-order valence-corrected chi connectivity index (χ2v) is 9.71. The molecule has 0 amide bonds. The van der Waals surface area contributed by atoms with Crippen molar-refractivity contribution in [2.75, 3.05) is 52.4 Å². The van der Waals surface area contributed by atoms with E-state index in [1.54, 1.807) is 0 Å². The Morgan fingerprint density at radius 2 is 0.643 bits per heavy atom. The van der Waals surface area contributed by atoms with Crippen LogP contribution in [-0.2, 0) is 0 Å². The second-order valence-electron chi connectivity index (χ2n) is 9.71. The van der Waals surface area contributed by atoms with E-state index in [-0.39, 0.29) is 34.0 Å². The molecule has 3 heterocycles. The van der Waals surface area contributed by atoms with E-state index < -0.39 is 0 Å². The molecule has 0 aliphatic carbocycles. The zero-order valence-corrected chi connectivity index (χ0v) is 22.4. The standard InChI is InChI=1S/C24H50N2.2BrH/c1-3-5-7-9-11-13-15-17-25-19-22-26(23-20-25,24-21-25)18-16-14-12-10-8-6-4-2;;/h3-24H2,1-2H3;2*1H/q+2;;/p-2. The molecular formula is C24H50Br2N2. The van der Waals surface area contributed by atoms with Crippen LogP contribution in [0.25, 0.3) is 0 Å². The average Bonchev–Trinajstić information content (AvgIpc) is 2.68. The molecular weight excluding hydrogens is 476 g/mol. The highest BCUT2D eigenvalue weighted by atomic mass is 79.9. The van der Waals surface area contributed by atoms with Gasteiger partial charge in [0.25, 0.3) is 0 Å². The fourth-order valence-corrected chi connectivity index (χ4v) is 5.42. The summed E-state index contributed by atoms with van der Waals surface area (Å²) in [5.74, 6) is 0. The molecule has 4 heteroatoms. The van der Waals surface area contributed by atoms with Crippen molar-refractivity contribution in [3.05, 3.63) is 0 Å². The topological polar surface area (TPSA) is 0 Å². The van der Waals surface area contributed by atoms with E-state index >= 15 is 0 Å². The minimum atomic E-state index is 0. The number of halogens is 2. The Balaban J connectivity index is 0.00000364. The molecule has 2 nitrogen and oxygen atoms in total. The van der Waals surface area contributed by atoms with Crippen molar-refractivity contribution in [3.8, 4) is 0 Å². The third-order valence-corrected chi connectivity index (χ3v) is 7.62. The summed E-state index contributed by atoms with van der Waals surface area (Å²) in [4.78, 5) is 0. The predicted molar refractivity (Wildman–Crippen MR) is 115 cm³/mol. The van der Waals surface area contributed by atoms with Crippen LogP contribution in [0.3, 0.4) is 0 Å². The lowest BCUT2D eigenvalue weighted by Crippen LogP contribution is -3.00. The highest BCUT2D eigenvalue weighted by Gasteiger charge is 2.47. The number of nitrogens with zero attached hydrogens (tertiary/aromatic N) is 2. The summed E-state index contributed by atoms with van der Waals surface area (Å²) < 4.78 is 2.98. The lowest BCUT2D eigenvalue weighted by Gasteiger charge is -2.55. The van der Waals surface area contributed by atoms with Gasteiger partial charge in [-0.05, 0) is 25.7 Å². The number of hydrogen-bond acceptors (Lipinski definition) is 0. The Labute approximate surface area is 198 Å². The third-order valence-electron chi connectivity index (χ3n) is 7.62.